The molecule has 0 spiro atoms. The van der Waals surface area contributed by atoms with Crippen LogP contribution in [0.4, 0.5) is 4.79 Å². The molecule has 1 heterocycles. The van der Waals surface area contributed by atoms with Crippen LogP contribution in [0.1, 0.15) is 11.1 Å². The highest BCUT2D eigenvalue weighted by Gasteiger charge is 2.33. The zero-order chi connectivity index (χ0) is 17.3. The summed E-state index contributed by atoms with van der Waals surface area (Å²) in [6, 6.07) is 11.5. The van der Waals surface area contributed by atoms with Gasteiger partial charge in [0.05, 0.1) is 10.1 Å². The standard InChI is InChI=1S/C17H12ClIN2O3/c18-12-4-2-1-3-11(12)9-21-16(23)14(20-17(21)24)8-10-5-6-15(22)13(19)7-10/h1-8,22H,9H2,(H,20,24)/b14-8-. The molecule has 1 fully saturated rings. The largest absolute Gasteiger partial charge is 0.507 e. The van der Waals surface area contributed by atoms with Crippen LogP contribution in [0.15, 0.2) is 48.2 Å². The highest BCUT2D eigenvalue weighted by atomic mass is 127. The topological polar surface area (TPSA) is 69.6 Å². The van der Waals surface area contributed by atoms with Gasteiger partial charge in [-0.15, -0.1) is 0 Å². The van der Waals surface area contributed by atoms with Gasteiger partial charge >= 0.3 is 6.03 Å². The average molecular weight is 455 g/mol. The van der Waals surface area contributed by atoms with E-state index in [9.17, 15) is 14.7 Å². The van der Waals surface area contributed by atoms with Crippen LogP contribution in [0.2, 0.25) is 5.02 Å². The summed E-state index contributed by atoms with van der Waals surface area (Å²) in [5.74, 6) is -0.247. The average Bonchev–Trinajstić information content (AvgIpc) is 2.80. The lowest BCUT2D eigenvalue weighted by molar-refractivity contribution is -0.123. The molecule has 0 radical (unpaired) electrons. The molecule has 1 aliphatic heterocycles. The number of hydrogen-bond acceptors (Lipinski definition) is 3. The lowest BCUT2D eigenvalue weighted by atomic mass is 10.1. The van der Waals surface area contributed by atoms with Crippen molar-refractivity contribution in [1.29, 1.82) is 0 Å². The molecule has 24 heavy (non-hydrogen) atoms. The smallest absolute Gasteiger partial charge is 0.329 e. The zero-order valence-electron chi connectivity index (χ0n) is 12.3. The molecule has 0 aromatic heterocycles. The first-order chi connectivity index (χ1) is 11.5. The van der Waals surface area contributed by atoms with Crippen LogP contribution in [0, 0.1) is 3.57 Å². The Balaban J connectivity index is 1.84. The van der Waals surface area contributed by atoms with Gasteiger partial charge in [0.1, 0.15) is 11.4 Å². The zero-order valence-corrected chi connectivity index (χ0v) is 15.2. The number of imide groups is 1. The van der Waals surface area contributed by atoms with Gasteiger partial charge in [0.15, 0.2) is 0 Å². The van der Waals surface area contributed by atoms with Crippen molar-refractivity contribution in [1.82, 2.24) is 10.2 Å². The molecule has 1 aliphatic rings. The van der Waals surface area contributed by atoms with Crippen molar-refractivity contribution in [2.24, 2.45) is 0 Å². The van der Waals surface area contributed by atoms with Crippen molar-refractivity contribution in [2.75, 3.05) is 0 Å². The predicted molar refractivity (Wildman–Crippen MR) is 99.3 cm³/mol. The maximum Gasteiger partial charge on any atom is 0.329 e. The molecule has 0 saturated carbocycles. The second-order valence-electron chi connectivity index (χ2n) is 5.18. The molecule has 5 nitrogen and oxygen atoms in total. The summed E-state index contributed by atoms with van der Waals surface area (Å²) < 4.78 is 0.659. The van der Waals surface area contributed by atoms with Gasteiger partial charge in [0.25, 0.3) is 5.91 Å². The number of rotatable bonds is 3. The van der Waals surface area contributed by atoms with E-state index >= 15 is 0 Å². The second-order valence-corrected chi connectivity index (χ2v) is 6.75. The summed E-state index contributed by atoms with van der Waals surface area (Å²) in [5, 5.41) is 12.6. The Hall–Kier alpha value is -2.06. The van der Waals surface area contributed by atoms with Gasteiger partial charge in [-0.2, -0.15) is 0 Å². The number of phenolic OH excluding ortho intramolecular Hbond substituents is 1. The number of benzene rings is 2. The third kappa shape index (κ3) is 3.39. The Kier molecular flexibility index (Phi) is 4.77. The van der Waals surface area contributed by atoms with E-state index in [2.05, 4.69) is 5.32 Å². The van der Waals surface area contributed by atoms with E-state index in [1.807, 2.05) is 22.6 Å². The summed E-state index contributed by atoms with van der Waals surface area (Å²) in [7, 11) is 0. The van der Waals surface area contributed by atoms with Crippen molar-refractivity contribution in [3.05, 3.63) is 67.9 Å². The minimum Gasteiger partial charge on any atom is -0.507 e. The molecule has 0 unspecified atom stereocenters. The maximum absolute atomic E-state index is 12.5. The molecular weight excluding hydrogens is 443 g/mol. The second kappa shape index (κ2) is 6.82. The SMILES string of the molecule is O=C1N/C(=C\c2ccc(O)c(I)c2)C(=O)N1Cc1ccccc1Cl. The number of phenols is 1. The normalized spacial score (nSPS) is 15.9. The number of halogens is 2. The number of nitrogens with zero attached hydrogens (tertiary/aromatic N) is 1. The first kappa shape index (κ1) is 16.8. The van der Waals surface area contributed by atoms with Gasteiger partial charge in [-0.3, -0.25) is 9.69 Å². The van der Waals surface area contributed by atoms with Gasteiger partial charge in [0, 0.05) is 5.02 Å². The van der Waals surface area contributed by atoms with Crippen LogP contribution in [0.5, 0.6) is 5.75 Å². The fourth-order valence-electron chi connectivity index (χ4n) is 2.29. The number of carbonyl (C=O) groups excluding carboxylic acids is 2. The fraction of sp³-hybridized carbons (Fsp3) is 0.0588. The van der Waals surface area contributed by atoms with Crippen molar-refractivity contribution >= 4 is 52.2 Å². The molecule has 3 rings (SSSR count). The van der Waals surface area contributed by atoms with E-state index in [-0.39, 0.29) is 18.0 Å². The van der Waals surface area contributed by atoms with Gasteiger partial charge in [-0.05, 0) is 58.0 Å². The summed E-state index contributed by atoms with van der Waals surface area (Å²) in [6.45, 7) is 0.106. The van der Waals surface area contributed by atoms with E-state index in [0.29, 0.717) is 19.7 Å². The fourth-order valence-corrected chi connectivity index (χ4v) is 3.03. The minimum absolute atomic E-state index is 0.106. The van der Waals surface area contributed by atoms with E-state index in [1.165, 1.54) is 6.07 Å². The Morgan fingerprint density at radius 2 is 1.96 bits per heavy atom. The van der Waals surface area contributed by atoms with Crippen molar-refractivity contribution < 1.29 is 14.7 Å². The van der Waals surface area contributed by atoms with E-state index in [4.69, 9.17) is 11.6 Å². The molecule has 122 valence electrons. The molecule has 2 N–H and O–H groups in total. The maximum atomic E-state index is 12.5. The predicted octanol–water partition coefficient (Wildman–Crippen LogP) is 3.74. The number of nitrogens with one attached hydrogen (secondary N) is 1. The Morgan fingerprint density at radius 1 is 1.21 bits per heavy atom. The highest BCUT2D eigenvalue weighted by molar-refractivity contribution is 14.1. The van der Waals surface area contributed by atoms with Crippen LogP contribution in [0.3, 0.4) is 0 Å². The summed E-state index contributed by atoms with van der Waals surface area (Å²) >= 11 is 8.08. The number of hydrogen-bond donors (Lipinski definition) is 2. The Bertz CT molecular complexity index is 867. The van der Waals surface area contributed by atoms with E-state index in [0.717, 1.165) is 4.90 Å². The number of amides is 3. The van der Waals surface area contributed by atoms with Crippen molar-refractivity contribution in [3.8, 4) is 5.75 Å². The first-order valence-electron chi connectivity index (χ1n) is 7.02. The quantitative estimate of drug-likeness (QED) is 0.422. The summed E-state index contributed by atoms with van der Waals surface area (Å²) in [6.07, 6.45) is 1.58. The molecule has 0 aliphatic carbocycles. The molecule has 1 saturated heterocycles. The van der Waals surface area contributed by atoms with Crippen molar-refractivity contribution in [2.45, 2.75) is 6.54 Å². The minimum atomic E-state index is -0.486. The van der Waals surface area contributed by atoms with E-state index < -0.39 is 11.9 Å². The summed E-state index contributed by atoms with van der Waals surface area (Å²) in [5.41, 5.74) is 1.59. The first-order valence-corrected chi connectivity index (χ1v) is 8.48. The van der Waals surface area contributed by atoms with E-state index in [1.54, 1.807) is 42.5 Å². The lowest BCUT2D eigenvalue weighted by Crippen LogP contribution is -2.30. The molecule has 0 atom stereocenters. The monoisotopic (exact) mass is 454 g/mol. The number of urea groups is 1. The summed E-state index contributed by atoms with van der Waals surface area (Å²) in [4.78, 5) is 25.7. The van der Waals surface area contributed by atoms with Gasteiger partial charge < -0.3 is 10.4 Å². The molecule has 2 aromatic carbocycles. The number of carbonyl (C=O) groups is 2. The van der Waals surface area contributed by atoms with Crippen LogP contribution in [-0.4, -0.2) is 21.9 Å². The highest BCUT2D eigenvalue weighted by Crippen LogP contribution is 2.24. The van der Waals surface area contributed by atoms with Crippen LogP contribution >= 0.6 is 34.2 Å². The van der Waals surface area contributed by atoms with Gasteiger partial charge in [-0.25, -0.2) is 4.79 Å². The van der Waals surface area contributed by atoms with Crippen LogP contribution in [0.25, 0.3) is 6.08 Å². The molecule has 7 heteroatoms. The Labute approximate surface area is 157 Å². The number of aromatic hydroxyl groups is 1. The Morgan fingerprint density at radius 3 is 2.67 bits per heavy atom. The van der Waals surface area contributed by atoms with Crippen molar-refractivity contribution in [3.63, 3.8) is 0 Å². The third-order valence-corrected chi connectivity index (χ3v) is 4.76. The van der Waals surface area contributed by atoms with Crippen LogP contribution in [-0.2, 0) is 11.3 Å². The lowest BCUT2D eigenvalue weighted by Gasteiger charge is -2.12. The third-order valence-electron chi connectivity index (χ3n) is 3.53. The van der Waals surface area contributed by atoms with Gasteiger partial charge in [0.2, 0.25) is 0 Å². The molecular formula is C17H12ClIN2O3. The molecule has 2 aromatic rings. The van der Waals surface area contributed by atoms with Crippen LogP contribution < -0.4 is 5.32 Å². The van der Waals surface area contributed by atoms with Gasteiger partial charge in [-0.1, -0.05) is 35.9 Å². The molecule has 3 amide bonds. The molecule has 0 bridgehead atoms.